The Hall–Kier alpha value is -3.21. The van der Waals surface area contributed by atoms with Gasteiger partial charge in [-0.05, 0) is 41.5 Å². The third kappa shape index (κ3) is 2.45. The summed E-state index contributed by atoms with van der Waals surface area (Å²) in [7, 11) is 0. The molecule has 0 aromatic heterocycles. The minimum Gasteiger partial charge on any atom is -0.322 e. The number of fused-ring (bicyclic) bond motifs is 2. The molecule has 3 aromatic carbocycles. The summed E-state index contributed by atoms with van der Waals surface area (Å²) in [6.45, 7) is 3.33. The van der Waals surface area contributed by atoms with Crippen LogP contribution >= 0.6 is 0 Å². The van der Waals surface area contributed by atoms with Gasteiger partial charge >= 0.3 is 6.03 Å². The van der Waals surface area contributed by atoms with Crippen molar-refractivity contribution in [2.45, 2.75) is 19.4 Å². The van der Waals surface area contributed by atoms with Crippen LogP contribution in [0.25, 0.3) is 21.5 Å². The summed E-state index contributed by atoms with van der Waals surface area (Å²) in [5.74, 6) is -0.363. The number of hydrogen-bond acceptors (Lipinski definition) is 3. The van der Waals surface area contributed by atoms with Gasteiger partial charge in [-0.25, -0.2) is 4.79 Å². The second kappa shape index (κ2) is 5.41. The molecule has 1 aliphatic rings. The molecular weight excluding hydrogens is 314 g/mol. The highest BCUT2D eigenvalue weighted by atomic mass is 16.2. The van der Waals surface area contributed by atoms with Crippen LogP contribution in [0.4, 0.5) is 4.79 Å². The van der Waals surface area contributed by atoms with Gasteiger partial charge in [0.25, 0.3) is 5.91 Å². The first kappa shape index (κ1) is 15.3. The molecule has 0 atom stereocenters. The predicted octanol–water partition coefficient (Wildman–Crippen LogP) is 3.66. The van der Waals surface area contributed by atoms with E-state index in [4.69, 9.17) is 0 Å². The van der Waals surface area contributed by atoms with Crippen LogP contribution in [0.15, 0.2) is 59.7 Å². The predicted molar refractivity (Wildman–Crippen MR) is 98.5 cm³/mol. The highest BCUT2D eigenvalue weighted by molar-refractivity contribution is 6.14. The SMILES string of the molecule is CC1(C)NC(=O)N(/N=C/c2c3ccccc3cc3ccccc23)C1=O. The number of carbonyl (C=O) groups is 2. The summed E-state index contributed by atoms with van der Waals surface area (Å²) in [4.78, 5) is 24.3. The monoisotopic (exact) mass is 331 g/mol. The smallest absolute Gasteiger partial charge is 0.322 e. The molecule has 1 heterocycles. The Labute approximate surface area is 144 Å². The Kier molecular flexibility index (Phi) is 3.32. The first-order valence-corrected chi connectivity index (χ1v) is 8.08. The van der Waals surface area contributed by atoms with E-state index in [1.807, 2.05) is 48.5 Å². The number of urea groups is 1. The highest BCUT2D eigenvalue weighted by Gasteiger charge is 2.44. The van der Waals surface area contributed by atoms with Gasteiger partial charge in [0.1, 0.15) is 5.54 Å². The average Bonchev–Trinajstić information content (AvgIpc) is 2.79. The summed E-state index contributed by atoms with van der Waals surface area (Å²) in [6.07, 6.45) is 1.60. The number of hydrazone groups is 1. The van der Waals surface area contributed by atoms with Crippen LogP contribution < -0.4 is 5.32 Å². The van der Waals surface area contributed by atoms with E-state index in [0.717, 1.165) is 32.1 Å². The standard InChI is InChI=1S/C20H17N3O2/c1-20(2)18(24)23(19(25)22-20)21-12-17-15-9-5-3-7-13(15)11-14-8-4-6-10-16(14)17/h3-12H,1-2H3,(H,22,25)/b21-12+. The Morgan fingerprint density at radius 2 is 1.52 bits per heavy atom. The normalized spacial score (nSPS) is 17.0. The summed E-state index contributed by atoms with van der Waals surface area (Å²) >= 11 is 0. The van der Waals surface area contributed by atoms with Crippen LogP contribution in [0.3, 0.4) is 0 Å². The lowest BCUT2D eigenvalue weighted by molar-refractivity contribution is -0.130. The molecule has 124 valence electrons. The number of rotatable bonds is 2. The Balaban J connectivity index is 1.88. The molecule has 4 rings (SSSR count). The average molecular weight is 331 g/mol. The molecule has 5 nitrogen and oxygen atoms in total. The maximum atomic E-state index is 12.3. The number of nitrogens with zero attached hydrogens (tertiary/aromatic N) is 2. The number of benzene rings is 3. The Bertz CT molecular complexity index is 999. The first-order valence-electron chi connectivity index (χ1n) is 8.08. The van der Waals surface area contributed by atoms with Gasteiger partial charge in [0.05, 0.1) is 6.21 Å². The van der Waals surface area contributed by atoms with Crippen molar-refractivity contribution < 1.29 is 9.59 Å². The zero-order valence-electron chi connectivity index (χ0n) is 14.0. The molecule has 1 fully saturated rings. The van der Waals surface area contributed by atoms with Crippen molar-refractivity contribution in [3.8, 4) is 0 Å². The maximum absolute atomic E-state index is 12.3. The third-order valence-electron chi connectivity index (χ3n) is 4.45. The van der Waals surface area contributed by atoms with E-state index in [1.54, 1.807) is 20.1 Å². The zero-order valence-corrected chi connectivity index (χ0v) is 14.0. The lowest BCUT2D eigenvalue weighted by Gasteiger charge is -2.12. The molecule has 5 heteroatoms. The number of carbonyl (C=O) groups excluding carboxylic acids is 2. The Morgan fingerprint density at radius 3 is 2.04 bits per heavy atom. The van der Waals surface area contributed by atoms with Crippen LogP contribution in [0.1, 0.15) is 19.4 Å². The van der Waals surface area contributed by atoms with Crippen molar-refractivity contribution in [3.05, 3.63) is 60.2 Å². The fraction of sp³-hybridized carbons (Fsp3) is 0.150. The van der Waals surface area contributed by atoms with Gasteiger partial charge in [0, 0.05) is 5.56 Å². The van der Waals surface area contributed by atoms with E-state index in [9.17, 15) is 9.59 Å². The summed E-state index contributed by atoms with van der Waals surface area (Å²) in [5, 5.41) is 11.9. The second-order valence-corrected chi connectivity index (χ2v) is 6.65. The molecule has 0 aliphatic carbocycles. The van der Waals surface area contributed by atoms with E-state index in [1.165, 1.54) is 0 Å². The summed E-state index contributed by atoms with van der Waals surface area (Å²) < 4.78 is 0. The molecular formula is C20H17N3O2. The molecule has 0 radical (unpaired) electrons. The first-order chi connectivity index (χ1) is 12.0. The lowest BCUT2D eigenvalue weighted by Crippen LogP contribution is -2.39. The molecule has 0 bridgehead atoms. The van der Waals surface area contributed by atoms with Crippen molar-refractivity contribution in [1.29, 1.82) is 0 Å². The number of nitrogens with one attached hydrogen (secondary N) is 1. The Morgan fingerprint density at radius 1 is 0.960 bits per heavy atom. The minimum atomic E-state index is -0.935. The fourth-order valence-corrected chi connectivity index (χ4v) is 3.14. The largest absolute Gasteiger partial charge is 0.346 e. The van der Waals surface area contributed by atoms with E-state index in [2.05, 4.69) is 16.5 Å². The van der Waals surface area contributed by atoms with Crippen molar-refractivity contribution >= 4 is 39.7 Å². The maximum Gasteiger partial charge on any atom is 0.346 e. The van der Waals surface area contributed by atoms with E-state index < -0.39 is 11.6 Å². The molecule has 1 aliphatic heterocycles. The van der Waals surface area contributed by atoms with Crippen molar-refractivity contribution in [3.63, 3.8) is 0 Å². The van der Waals surface area contributed by atoms with Crippen molar-refractivity contribution in [2.24, 2.45) is 5.10 Å². The molecule has 3 aromatic rings. The van der Waals surface area contributed by atoms with Gasteiger partial charge in [-0.2, -0.15) is 5.10 Å². The van der Waals surface area contributed by atoms with Crippen LogP contribution in [-0.4, -0.2) is 28.7 Å². The molecule has 1 N–H and O–H groups in total. The zero-order chi connectivity index (χ0) is 17.6. The van der Waals surface area contributed by atoms with Crippen molar-refractivity contribution in [2.75, 3.05) is 0 Å². The van der Waals surface area contributed by atoms with Gasteiger partial charge in [0.2, 0.25) is 0 Å². The van der Waals surface area contributed by atoms with E-state index >= 15 is 0 Å². The molecule has 0 saturated carbocycles. The quantitative estimate of drug-likeness (QED) is 0.442. The van der Waals surface area contributed by atoms with Gasteiger partial charge in [-0.1, -0.05) is 48.5 Å². The molecule has 0 unspecified atom stereocenters. The second-order valence-electron chi connectivity index (χ2n) is 6.65. The van der Waals surface area contributed by atoms with E-state index in [0.29, 0.717) is 0 Å². The molecule has 25 heavy (non-hydrogen) atoms. The lowest BCUT2D eigenvalue weighted by atomic mass is 9.97. The van der Waals surface area contributed by atoms with Gasteiger partial charge in [0.15, 0.2) is 0 Å². The molecule has 3 amide bonds. The van der Waals surface area contributed by atoms with Crippen molar-refractivity contribution in [1.82, 2.24) is 10.3 Å². The number of imide groups is 1. The summed E-state index contributed by atoms with van der Waals surface area (Å²) in [6, 6.07) is 17.6. The van der Waals surface area contributed by atoms with Crippen LogP contribution in [-0.2, 0) is 4.79 Å². The molecule has 1 saturated heterocycles. The highest BCUT2D eigenvalue weighted by Crippen LogP contribution is 2.27. The number of amides is 3. The third-order valence-corrected chi connectivity index (χ3v) is 4.45. The van der Waals surface area contributed by atoms with Gasteiger partial charge in [-0.15, -0.1) is 5.01 Å². The van der Waals surface area contributed by atoms with Gasteiger partial charge < -0.3 is 5.32 Å². The summed E-state index contributed by atoms with van der Waals surface area (Å²) in [5.41, 5.74) is -0.0473. The topological polar surface area (TPSA) is 61.8 Å². The fourth-order valence-electron chi connectivity index (χ4n) is 3.14. The van der Waals surface area contributed by atoms with Crippen LogP contribution in [0, 0.1) is 0 Å². The van der Waals surface area contributed by atoms with Crippen LogP contribution in [0.2, 0.25) is 0 Å². The van der Waals surface area contributed by atoms with E-state index in [-0.39, 0.29) is 5.91 Å². The molecule has 0 spiro atoms. The van der Waals surface area contributed by atoms with Gasteiger partial charge in [-0.3, -0.25) is 4.79 Å². The van der Waals surface area contributed by atoms with Crippen LogP contribution in [0.5, 0.6) is 0 Å². The minimum absolute atomic E-state index is 0.363. The number of hydrogen-bond donors (Lipinski definition) is 1.